The molecule has 4 heteroatoms. The van der Waals surface area contributed by atoms with Crippen molar-refractivity contribution in [1.29, 1.82) is 0 Å². The number of hydrogen-bond acceptors (Lipinski definition) is 2. The van der Waals surface area contributed by atoms with Crippen molar-refractivity contribution in [3.05, 3.63) is 58.1 Å². The lowest BCUT2D eigenvalue weighted by Gasteiger charge is -2.31. The maximum Gasteiger partial charge on any atom is 0.260 e. The first-order valence-electron chi connectivity index (χ1n) is 7.04. The maximum atomic E-state index is 12.9. The second-order valence-corrected chi connectivity index (χ2v) is 5.75. The molecule has 0 atom stereocenters. The van der Waals surface area contributed by atoms with Crippen LogP contribution in [0.25, 0.3) is 0 Å². The quantitative estimate of drug-likeness (QED) is 0.814. The summed E-state index contributed by atoms with van der Waals surface area (Å²) < 4.78 is 0. The van der Waals surface area contributed by atoms with Crippen molar-refractivity contribution in [3.8, 4) is 0 Å². The highest BCUT2D eigenvalue weighted by molar-refractivity contribution is 6.34. The minimum absolute atomic E-state index is 0.0785. The number of para-hydroxylation sites is 2. The number of fused-ring (bicyclic) bond motifs is 1. The van der Waals surface area contributed by atoms with Gasteiger partial charge in [0.1, 0.15) is 0 Å². The molecule has 1 heterocycles. The van der Waals surface area contributed by atoms with Crippen molar-refractivity contribution in [2.75, 3.05) is 17.2 Å². The summed E-state index contributed by atoms with van der Waals surface area (Å²) in [4.78, 5) is 14.7. The van der Waals surface area contributed by atoms with Gasteiger partial charge in [0, 0.05) is 6.54 Å². The van der Waals surface area contributed by atoms with Gasteiger partial charge in [0.2, 0.25) is 0 Å². The van der Waals surface area contributed by atoms with Gasteiger partial charge in [-0.3, -0.25) is 4.79 Å². The van der Waals surface area contributed by atoms with Crippen LogP contribution in [-0.4, -0.2) is 12.5 Å². The molecule has 21 heavy (non-hydrogen) atoms. The number of amides is 1. The van der Waals surface area contributed by atoms with Gasteiger partial charge in [-0.05, 0) is 43.0 Å². The van der Waals surface area contributed by atoms with Crippen molar-refractivity contribution in [2.45, 2.75) is 19.8 Å². The molecule has 0 fully saturated rings. The summed E-state index contributed by atoms with van der Waals surface area (Å²) >= 11 is 6.03. The summed E-state index contributed by atoms with van der Waals surface area (Å²) in [6.07, 6.45) is 1.97. The smallest absolute Gasteiger partial charge is 0.260 e. The van der Waals surface area contributed by atoms with Gasteiger partial charge in [-0.2, -0.15) is 0 Å². The number of nitrogens with two attached hydrogens (primary N) is 1. The van der Waals surface area contributed by atoms with E-state index in [2.05, 4.69) is 6.07 Å². The maximum absolute atomic E-state index is 12.9. The molecule has 2 aromatic carbocycles. The van der Waals surface area contributed by atoms with Crippen molar-refractivity contribution in [3.63, 3.8) is 0 Å². The minimum atomic E-state index is -0.0785. The molecule has 3 nitrogen and oxygen atoms in total. The standard InChI is InChI=1S/C17H17ClN2O/c1-11-5-2-6-12-7-4-10-20(16(11)12)17(21)13-8-3-9-14(18)15(13)19/h2-3,5-6,8-9H,4,7,10,19H2,1H3. The van der Waals surface area contributed by atoms with Crippen LogP contribution in [0.4, 0.5) is 11.4 Å². The third-order valence-corrected chi connectivity index (χ3v) is 4.28. The topological polar surface area (TPSA) is 46.3 Å². The van der Waals surface area contributed by atoms with Crippen LogP contribution in [0.3, 0.4) is 0 Å². The van der Waals surface area contributed by atoms with E-state index in [0.29, 0.717) is 22.8 Å². The van der Waals surface area contributed by atoms with Gasteiger partial charge in [0.15, 0.2) is 0 Å². The molecule has 1 aliphatic rings. The third-order valence-electron chi connectivity index (χ3n) is 3.95. The number of anilines is 2. The second-order valence-electron chi connectivity index (χ2n) is 5.34. The molecule has 2 N–H and O–H groups in total. The van der Waals surface area contributed by atoms with E-state index in [4.69, 9.17) is 17.3 Å². The fraction of sp³-hybridized carbons (Fsp3) is 0.235. The van der Waals surface area contributed by atoms with E-state index in [-0.39, 0.29) is 5.91 Å². The number of benzene rings is 2. The molecule has 0 saturated heterocycles. The highest BCUT2D eigenvalue weighted by Gasteiger charge is 2.26. The van der Waals surface area contributed by atoms with Gasteiger partial charge in [-0.15, -0.1) is 0 Å². The molecule has 0 bridgehead atoms. The molecule has 0 spiro atoms. The lowest BCUT2D eigenvalue weighted by Crippen LogP contribution is -2.36. The van der Waals surface area contributed by atoms with Crippen molar-refractivity contribution in [1.82, 2.24) is 0 Å². The highest BCUT2D eigenvalue weighted by atomic mass is 35.5. The molecule has 0 radical (unpaired) electrons. The Hall–Kier alpha value is -2.00. The Balaban J connectivity index is 2.07. The van der Waals surface area contributed by atoms with Crippen molar-refractivity contribution < 1.29 is 4.79 Å². The summed E-state index contributed by atoms with van der Waals surface area (Å²) in [5.41, 5.74) is 10.1. The lowest BCUT2D eigenvalue weighted by molar-refractivity contribution is 0.0986. The van der Waals surface area contributed by atoms with E-state index < -0.39 is 0 Å². The molecule has 2 aromatic rings. The Morgan fingerprint density at radius 1 is 1.24 bits per heavy atom. The van der Waals surface area contributed by atoms with E-state index in [1.165, 1.54) is 5.56 Å². The van der Waals surface area contributed by atoms with Gasteiger partial charge in [0.25, 0.3) is 5.91 Å². The van der Waals surface area contributed by atoms with Crippen LogP contribution in [0.2, 0.25) is 5.02 Å². The van der Waals surface area contributed by atoms with Crippen molar-refractivity contribution >= 4 is 28.9 Å². The zero-order valence-corrected chi connectivity index (χ0v) is 12.7. The van der Waals surface area contributed by atoms with Crippen LogP contribution in [0.15, 0.2) is 36.4 Å². The Kier molecular flexibility index (Phi) is 3.60. The van der Waals surface area contributed by atoms with Crippen LogP contribution >= 0.6 is 11.6 Å². The second kappa shape index (κ2) is 5.41. The molecule has 3 rings (SSSR count). The SMILES string of the molecule is Cc1cccc2c1N(C(=O)c1cccc(Cl)c1N)CCC2. The van der Waals surface area contributed by atoms with E-state index in [1.54, 1.807) is 18.2 Å². The van der Waals surface area contributed by atoms with Gasteiger partial charge in [-0.1, -0.05) is 35.9 Å². The summed E-state index contributed by atoms with van der Waals surface area (Å²) in [6.45, 7) is 2.74. The fourth-order valence-electron chi connectivity index (χ4n) is 2.92. The number of carbonyl (C=O) groups is 1. The van der Waals surface area contributed by atoms with E-state index in [9.17, 15) is 4.79 Å². The molecule has 0 aromatic heterocycles. The Morgan fingerprint density at radius 3 is 2.81 bits per heavy atom. The van der Waals surface area contributed by atoms with Gasteiger partial charge >= 0.3 is 0 Å². The van der Waals surface area contributed by atoms with E-state index in [1.807, 2.05) is 24.0 Å². The normalized spacial score (nSPS) is 13.9. The number of nitrogens with zero attached hydrogens (tertiary/aromatic N) is 1. The monoisotopic (exact) mass is 300 g/mol. The van der Waals surface area contributed by atoms with E-state index >= 15 is 0 Å². The van der Waals surface area contributed by atoms with Crippen molar-refractivity contribution in [2.24, 2.45) is 0 Å². The molecule has 1 aliphatic heterocycles. The third kappa shape index (κ3) is 2.38. The summed E-state index contributed by atoms with van der Waals surface area (Å²) in [5.74, 6) is -0.0785. The molecular weight excluding hydrogens is 284 g/mol. The summed E-state index contributed by atoms with van der Waals surface area (Å²) in [5, 5.41) is 0.419. The Bertz CT molecular complexity index is 712. The number of aryl methyl sites for hydroxylation is 2. The highest BCUT2D eigenvalue weighted by Crippen LogP contribution is 2.33. The number of rotatable bonds is 1. The number of carbonyl (C=O) groups excluding carboxylic acids is 1. The van der Waals surface area contributed by atoms with Gasteiger partial charge < -0.3 is 10.6 Å². The first-order chi connectivity index (χ1) is 10.1. The first-order valence-corrected chi connectivity index (χ1v) is 7.41. The fourth-order valence-corrected chi connectivity index (χ4v) is 3.09. The summed E-state index contributed by atoms with van der Waals surface area (Å²) in [6, 6.07) is 11.3. The van der Waals surface area contributed by atoms with Crippen LogP contribution in [0.5, 0.6) is 0 Å². The minimum Gasteiger partial charge on any atom is -0.397 e. The van der Waals surface area contributed by atoms with E-state index in [0.717, 1.165) is 24.1 Å². The zero-order chi connectivity index (χ0) is 15.0. The predicted octanol–water partition coefficient (Wildman–Crippen LogP) is 3.82. The number of nitrogen functional groups attached to an aromatic ring is 1. The predicted molar refractivity (Wildman–Crippen MR) is 87.0 cm³/mol. The number of hydrogen-bond donors (Lipinski definition) is 1. The summed E-state index contributed by atoms with van der Waals surface area (Å²) in [7, 11) is 0. The van der Waals surface area contributed by atoms with Crippen LogP contribution in [0.1, 0.15) is 27.9 Å². The van der Waals surface area contributed by atoms with Gasteiger partial charge in [-0.25, -0.2) is 0 Å². The van der Waals surface area contributed by atoms with Crippen LogP contribution in [-0.2, 0) is 6.42 Å². The number of halogens is 1. The average molecular weight is 301 g/mol. The Morgan fingerprint density at radius 2 is 2.00 bits per heavy atom. The van der Waals surface area contributed by atoms with Crippen LogP contribution in [0, 0.1) is 6.92 Å². The van der Waals surface area contributed by atoms with Gasteiger partial charge in [0.05, 0.1) is 22.0 Å². The average Bonchev–Trinajstić information content (AvgIpc) is 2.49. The lowest BCUT2D eigenvalue weighted by atomic mass is 9.97. The molecule has 108 valence electrons. The molecule has 0 aliphatic carbocycles. The molecule has 1 amide bonds. The Labute approximate surface area is 129 Å². The molecular formula is C17H17ClN2O. The zero-order valence-electron chi connectivity index (χ0n) is 11.9. The first kappa shape index (κ1) is 14.0. The molecule has 0 unspecified atom stereocenters. The molecule has 0 saturated carbocycles. The van der Waals surface area contributed by atoms with Crippen LogP contribution < -0.4 is 10.6 Å². The largest absolute Gasteiger partial charge is 0.397 e.